The molecule has 0 aliphatic carbocycles. The molecule has 0 saturated carbocycles. The van der Waals surface area contributed by atoms with Crippen LogP contribution in [0.2, 0.25) is 0 Å². The number of nitrogens with zero attached hydrogens (tertiary/aromatic N) is 4. The second-order valence-electron chi connectivity index (χ2n) is 2.88. The van der Waals surface area contributed by atoms with Crippen LogP contribution in [0.5, 0.6) is 0 Å². The van der Waals surface area contributed by atoms with Gasteiger partial charge in [-0.05, 0) is 30.8 Å². The molecule has 0 fully saturated rings. The molecule has 0 aliphatic rings. The summed E-state index contributed by atoms with van der Waals surface area (Å²) in [5.41, 5.74) is 0. The molecule has 16 heavy (non-hydrogen) atoms. The number of hydrogen-bond donors (Lipinski definition) is 1. The predicted octanol–water partition coefficient (Wildman–Crippen LogP) is 1.85. The van der Waals surface area contributed by atoms with Gasteiger partial charge in [0, 0.05) is 25.1 Å². The van der Waals surface area contributed by atoms with Gasteiger partial charge < -0.3 is 5.32 Å². The number of hydrogen-bond acceptors (Lipinski definition) is 6. The second-order valence-corrected chi connectivity index (χ2v) is 3.87. The third-order valence-corrected chi connectivity index (χ3v) is 2.53. The van der Waals surface area contributed by atoms with Gasteiger partial charge in [-0.1, -0.05) is 0 Å². The van der Waals surface area contributed by atoms with Crippen LogP contribution in [-0.4, -0.2) is 26.5 Å². The third-order valence-electron chi connectivity index (χ3n) is 1.70. The standard InChI is InChI=1S/C10H11N5S/c1-2-11-9-12-7-4-8(15-9)16-10-13-5-3-6-14-10/h3-7H,2H2,1H3,(H,11,12,15). The van der Waals surface area contributed by atoms with Crippen molar-refractivity contribution in [3.8, 4) is 0 Å². The van der Waals surface area contributed by atoms with Crippen LogP contribution < -0.4 is 5.32 Å². The van der Waals surface area contributed by atoms with Gasteiger partial charge in [0.05, 0.1) is 0 Å². The van der Waals surface area contributed by atoms with Gasteiger partial charge in [-0.25, -0.2) is 19.9 Å². The highest BCUT2D eigenvalue weighted by molar-refractivity contribution is 7.99. The minimum Gasteiger partial charge on any atom is -0.354 e. The quantitative estimate of drug-likeness (QED) is 0.642. The smallest absolute Gasteiger partial charge is 0.223 e. The van der Waals surface area contributed by atoms with Crippen LogP contribution in [-0.2, 0) is 0 Å². The SMILES string of the molecule is CCNc1nccc(Sc2ncccn2)n1. The van der Waals surface area contributed by atoms with E-state index in [4.69, 9.17) is 0 Å². The lowest BCUT2D eigenvalue weighted by atomic mass is 10.6. The highest BCUT2D eigenvalue weighted by Crippen LogP contribution is 2.21. The maximum absolute atomic E-state index is 4.32. The molecule has 0 atom stereocenters. The molecule has 0 amide bonds. The summed E-state index contributed by atoms with van der Waals surface area (Å²) >= 11 is 1.41. The lowest BCUT2D eigenvalue weighted by Gasteiger charge is -2.02. The molecule has 0 aliphatic heterocycles. The first-order valence-corrected chi connectivity index (χ1v) is 5.72. The van der Waals surface area contributed by atoms with E-state index < -0.39 is 0 Å². The van der Waals surface area contributed by atoms with Gasteiger partial charge in [-0.2, -0.15) is 0 Å². The summed E-state index contributed by atoms with van der Waals surface area (Å²) in [5.74, 6) is 0.628. The van der Waals surface area contributed by atoms with Crippen molar-refractivity contribution in [2.24, 2.45) is 0 Å². The molecule has 0 bridgehead atoms. The Kier molecular flexibility index (Phi) is 3.66. The Morgan fingerprint density at radius 1 is 1.19 bits per heavy atom. The fourth-order valence-electron chi connectivity index (χ4n) is 1.07. The van der Waals surface area contributed by atoms with Crippen molar-refractivity contribution < 1.29 is 0 Å². The summed E-state index contributed by atoms with van der Waals surface area (Å²) in [6.07, 6.45) is 5.14. The molecule has 5 nitrogen and oxygen atoms in total. The monoisotopic (exact) mass is 233 g/mol. The first kappa shape index (κ1) is 10.8. The van der Waals surface area contributed by atoms with Gasteiger partial charge in [0.15, 0.2) is 5.16 Å². The van der Waals surface area contributed by atoms with Crippen molar-refractivity contribution >= 4 is 17.7 Å². The molecule has 82 valence electrons. The molecule has 1 N–H and O–H groups in total. The van der Waals surface area contributed by atoms with Crippen LogP contribution in [0.15, 0.2) is 40.9 Å². The van der Waals surface area contributed by atoms with Crippen molar-refractivity contribution in [2.45, 2.75) is 17.1 Å². The Bertz CT molecular complexity index is 448. The van der Waals surface area contributed by atoms with Crippen LogP contribution in [0, 0.1) is 0 Å². The first-order valence-electron chi connectivity index (χ1n) is 4.90. The van der Waals surface area contributed by atoms with Gasteiger partial charge in [-0.15, -0.1) is 0 Å². The summed E-state index contributed by atoms with van der Waals surface area (Å²) in [5, 5.41) is 4.57. The Morgan fingerprint density at radius 2 is 2.00 bits per heavy atom. The van der Waals surface area contributed by atoms with Crippen molar-refractivity contribution in [1.29, 1.82) is 0 Å². The molecule has 0 radical (unpaired) electrons. The first-order chi connectivity index (χ1) is 7.88. The molecule has 0 saturated heterocycles. The van der Waals surface area contributed by atoms with Gasteiger partial charge in [0.1, 0.15) is 5.03 Å². The molecular formula is C10H11N5S. The highest BCUT2D eigenvalue weighted by Gasteiger charge is 2.02. The summed E-state index contributed by atoms with van der Waals surface area (Å²) in [6.45, 7) is 2.80. The molecule has 2 aromatic heterocycles. The molecule has 0 spiro atoms. The fourth-order valence-corrected chi connectivity index (χ4v) is 1.75. The highest BCUT2D eigenvalue weighted by atomic mass is 32.2. The summed E-state index contributed by atoms with van der Waals surface area (Å²) in [4.78, 5) is 16.7. The van der Waals surface area contributed by atoms with Crippen LogP contribution in [0.25, 0.3) is 0 Å². The van der Waals surface area contributed by atoms with Crippen molar-refractivity contribution in [3.63, 3.8) is 0 Å². The maximum atomic E-state index is 4.32. The topological polar surface area (TPSA) is 63.6 Å². The van der Waals surface area contributed by atoms with E-state index in [1.165, 1.54) is 11.8 Å². The van der Waals surface area contributed by atoms with E-state index in [-0.39, 0.29) is 0 Å². The van der Waals surface area contributed by atoms with E-state index in [1.54, 1.807) is 24.7 Å². The molecule has 2 aromatic rings. The van der Waals surface area contributed by atoms with E-state index in [9.17, 15) is 0 Å². The number of aromatic nitrogens is 4. The zero-order valence-corrected chi connectivity index (χ0v) is 9.61. The molecule has 2 rings (SSSR count). The van der Waals surface area contributed by atoms with E-state index in [0.29, 0.717) is 11.1 Å². The Balaban J connectivity index is 2.12. The van der Waals surface area contributed by atoms with Gasteiger partial charge in [0.25, 0.3) is 0 Å². The zero-order valence-electron chi connectivity index (χ0n) is 8.79. The van der Waals surface area contributed by atoms with Crippen molar-refractivity contribution in [2.75, 3.05) is 11.9 Å². The van der Waals surface area contributed by atoms with Crippen LogP contribution in [0.3, 0.4) is 0 Å². The van der Waals surface area contributed by atoms with E-state index in [0.717, 1.165) is 11.6 Å². The number of anilines is 1. The van der Waals surface area contributed by atoms with E-state index >= 15 is 0 Å². The minimum absolute atomic E-state index is 0.628. The minimum atomic E-state index is 0.628. The third kappa shape index (κ3) is 2.90. The van der Waals surface area contributed by atoms with E-state index in [1.807, 2.05) is 13.0 Å². The van der Waals surface area contributed by atoms with Crippen molar-refractivity contribution in [3.05, 3.63) is 30.7 Å². The summed E-state index contributed by atoms with van der Waals surface area (Å²) < 4.78 is 0. The fraction of sp³-hybridized carbons (Fsp3) is 0.200. The average molecular weight is 233 g/mol. The summed E-state index contributed by atoms with van der Waals surface area (Å²) in [6, 6.07) is 3.62. The molecule has 6 heteroatoms. The van der Waals surface area contributed by atoms with Gasteiger partial charge in [-0.3, -0.25) is 0 Å². The largest absolute Gasteiger partial charge is 0.354 e. The Morgan fingerprint density at radius 3 is 2.75 bits per heavy atom. The second kappa shape index (κ2) is 5.41. The average Bonchev–Trinajstić information content (AvgIpc) is 2.31. The lowest BCUT2D eigenvalue weighted by Crippen LogP contribution is -2.01. The van der Waals surface area contributed by atoms with Gasteiger partial charge >= 0.3 is 0 Å². The lowest BCUT2D eigenvalue weighted by molar-refractivity contribution is 0.953. The van der Waals surface area contributed by atoms with E-state index in [2.05, 4.69) is 25.3 Å². The Hall–Kier alpha value is -1.69. The number of rotatable bonds is 4. The number of nitrogens with one attached hydrogen (secondary N) is 1. The molecule has 0 unspecified atom stereocenters. The van der Waals surface area contributed by atoms with Crippen LogP contribution in [0.1, 0.15) is 6.92 Å². The predicted molar refractivity (Wildman–Crippen MR) is 62.4 cm³/mol. The Labute approximate surface area is 97.8 Å². The van der Waals surface area contributed by atoms with Crippen molar-refractivity contribution in [1.82, 2.24) is 19.9 Å². The van der Waals surface area contributed by atoms with Crippen LogP contribution in [0.4, 0.5) is 5.95 Å². The molecule has 0 aromatic carbocycles. The van der Waals surface area contributed by atoms with Gasteiger partial charge in [0.2, 0.25) is 5.95 Å². The van der Waals surface area contributed by atoms with Crippen LogP contribution >= 0.6 is 11.8 Å². The summed E-state index contributed by atoms with van der Waals surface area (Å²) in [7, 11) is 0. The molecule has 2 heterocycles. The molecular weight excluding hydrogens is 222 g/mol. The zero-order chi connectivity index (χ0) is 11.2. The normalized spacial score (nSPS) is 10.1. The maximum Gasteiger partial charge on any atom is 0.223 e.